The van der Waals surface area contributed by atoms with Crippen LogP contribution in [0.25, 0.3) is 0 Å². The summed E-state index contributed by atoms with van der Waals surface area (Å²) in [6.45, 7) is 11.5. The van der Waals surface area contributed by atoms with Crippen molar-refractivity contribution in [1.29, 1.82) is 0 Å². The summed E-state index contributed by atoms with van der Waals surface area (Å²) in [5.74, 6) is 0.615. The van der Waals surface area contributed by atoms with Crippen LogP contribution in [0.2, 0.25) is 0 Å². The van der Waals surface area contributed by atoms with Gasteiger partial charge >= 0.3 is 0 Å². The van der Waals surface area contributed by atoms with Crippen LogP contribution in [0.5, 0.6) is 0 Å². The second kappa shape index (κ2) is 5.96. The van der Waals surface area contributed by atoms with Crippen molar-refractivity contribution < 1.29 is 4.79 Å². The van der Waals surface area contributed by atoms with Crippen molar-refractivity contribution in [2.45, 2.75) is 34.1 Å². The molecule has 0 radical (unpaired) electrons. The Morgan fingerprint density at radius 3 is 2.67 bits per heavy atom. The van der Waals surface area contributed by atoms with Crippen molar-refractivity contribution >= 4 is 17.3 Å². The van der Waals surface area contributed by atoms with E-state index in [1.165, 1.54) is 6.42 Å². The van der Waals surface area contributed by atoms with E-state index in [2.05, 4.69) is 31.0 Å². The third-order valence-electron chi connectivity index (χ3n) is 4.38. The van der Waals surface area contributed by atoms with Crippen molar-refractivity contribution in [2.75, 3.05) is 30.3 Å². The number of amides is 1. The number of nitrogen functional groups attached to an aromatic ring is 1. The van der Waals surface area contributed by atoms with Crippen LogP contribution in [0.15, 0.2) is 18.2 Å². The van der Waals surface area contributed by atoms with Crippen LogP contribution >= 0.6 is 0 Å². The molecule has 1 unspecified atom stereocenters. The molecule has 0 spiro atoms. The highest BCUT2D eigenvalue weighted by atomic mass is 16.1. The fourth-order valence-electron chi connectivity index (χ4n) is 2.93. The summed E-state index contributed by atoms with van der Waals surface area (Å²) >= 11 is 0. The average Bonchev–Trinajstić information content (AvgIpc) is 2.88. The van der Waals surface area contributed by atoms with E-state index >= 15 is 0 Å². The minimum Gasteiger partial charge on any atom is -0.397 e. The predicted octanol–water partition coefficient (Wildman–Crippen LogP) is 2.89. The Labute approximate surface area is 127 Å². The number of anilines is 2. The maximum absolute atomic E-state index is 11.8. The van der Waals surface area contributed by atoms with Gasteiger partial charge in [0.2, 0.25) is 0 Å². The normalized spacial score (nSPS) is 18.9. The van der Waals surface area contributed by atoms with E-state index in [9.17, 15) is 4.79 Å². The smallest absolute Gasteiger partial charge is 0.251 e. The van der Waals surface area contributed by atoms with Gasteiger partial charge in [0.25, 0.3) is 5.91 Å². The van der Waals surface area contributed by atoms with Gasteiger partial charge in [0, 0.05) is 25.2 Å². The topological polar surface area (TPSA) is 58.4 Å². The molecule has 1 saturated heterocycles. The minimum absolute atomic E-state index is 0.0651. The SMILES string of the molecule is CCNC(=O)c1ccc(N2CCC(C(C)(C)C)C2)c(N)c1. The van der Waals surface area contributed by atoms with Crippen molar-refractivity contribution in [1.82, 2.24) is 5.32 Å². The van der Waals surface area contributed by atoms with Gasteiger partial charge in [0.15, 0.2) is 0 Å². The lowest BCUT2D eigenvalue weighted by Gasteiger charge is -2.28. The van der Waals surface area contributed by atoms with E-state index in [0.29, 0.717) is 29.1 Å². The Hall–Kier alpha value is -1.71. The van der Waals surface area contributed by atoms with Gasteiger partial charge in [-0.05, 0) is 42.9 Å². The molecule has 116 valence electrons. The fraction of sp³-hybridized carbons (Fsp3) is 0.588. The summed E-state index contributed by atoms with van der Waals surface area (Å²) in [5, 5.41) is 2.80. The number of nitrogens with zero attached hydrogens (tertiary/aromatic N) is 1. The van der Waals surface area contributed by atoms with Crippen molar-refractivity contribution in [3.05, 3.63) is 23.8 Å². The first-order chi connectivity index (χ1) is 9.82. The third-order valence-corrected chi connectivity index (χ3v) is 4.38. The third kappa shape index (κ3) is 3.49. The Morgan fingerprint density at radius 2 is 2.14 bits per heavy atom. The molecule has 0 bridgehead atoms. The average molecular weight is 289 g/mol. The maximum atomic E-state index is 11.8. The summed E-state index contributed by atoms with van der Waals surface area (Å²) in [7, 11) is 0. The molecule has 1 amide bonds. The summed E-state index contributed by atoms with van der Waals surface area (Å²) in [6, 6.07) is 5.62. The molecule has 4 heteroatoms. The van der Waals surface area contributed by atoms with E-state index in [1.807, 2.05) is 19.1 Å². The van der Waals surface area contributed by atoms with Gasteiger partial charge in [0.1, 0.15) is 0 Å². The number of nitrogens with one attached hydrogen (secondary N) is 1. The van der Waals surface area contributed by atoms with E-state index in [4.69, 9.17) is 5.73 Å². The Bertz CT molecular complexity index is 519. The molecular weight excluding hydrogens is 262 g/mol. The lowest BCUT2D eigenvalue weighted by Crippen LogP contribution is -2.26. The Kier molecular flexibility index (Phi) is 4.45. The van der Waals surface area contributed by atoms with Crippen LogP contribution in [0.1, 0.15) is 44.5 Å². The summed E-state index contributed by atoms with van der Waals surface area (Å²) in [6.07, 6.45) is 1.20. The molecule has 0 aromatic heterocycles. The highest BCUT2D eigenvalue weighted by Crippen LogP contribution is 2.37. The molecule has 2 rings (SSSR count). The van der Waals surface area contributed by atoms with Crippen LogP contribution < -0.4 is 16.0 Å². The zero-order chi connectivity index (χ0) is 15.6. The second-order valence-electron chi connectivity index (χ2n) is 6.93. The van der Waals surface area contributed by atoms with Gasteiger partial charge in [-0.2, -0.15) is 0 Å². The quantitative estimate of drug-likeness (QED) is 0.841. The summed E-state index contributed by atoms with van der Waals surface area (Å²) < 4.78 is 0. The molecule has 1 aromatic rings. The Balaban J connectivity index is 2.14. The van der Waals surface area contributed by atoms with Crippen molar-refractivity contribution in [2.24, 2.45) is 11.3 Å². The number of hydrogen-bond acceptors (Lipinski definition) is 3. The molecule has 1 aliphatic rings. The lowest BCUT2D eigenvalue weighted by molar-refractivity contribution is 0.0956. The highest BCUT2D eigenvalue weighted by molar-refractivity contribution is 5.96. The molecule has 3 N–H and O–H groups in total. The van der Waals surface area contributed by atoms with E-state index < -0.39 is 0 Å². The van der Waals surface area contributed by atoms with Gasteiger partial charge in [0.05, 0.1) is 11.4 Å². The molecule has 0 saturated carbocycles. The van der Waals surface area contributed by atoms with E-state index in [-0.39, 0.29) is 5.91 Å². The molecule has 1 aliphatic heterocycles. The largest absolute Gasteiger partial charge is 0.397 e. The van der Waals surface area contributed by atoms with Crippen molar-refractivity contribution in [3.63, 3.8) is 0 Å². The maximum Gasteiger partial charge on any atom is 0.251 e. The van der Waals surface area contributed by atoms with Crippen LogP contribution in [0.3, 0.4) is 0 Å². The number of rotatable bonds is 3. The molecule has 1 atom stereocenters. The van der Waals surface area contributed by atoms with Gasteiger partial charge in [-0.1, -0.05) is 20.8 Å². The van der Waals surface area contributed by atoms with E-state index in [1.54, 1.807) is 6.07 Å². The van der Waals surface area contributed by atoms with Crippen LogP contribution in [-0.4, -0.2) is 25.5 Å². The standard InChI is InChI=1S/C17H27N3O/c1-5-19-16(21)12-6-7-15(14(18)10-12)20-9-8-13(11-20)17(2,3)4/h6-7,10,13H,5,8-9,11,18H2,1-4H3,(H,19,21). The predicted molar refractivity (Wildman–Crippen MR) is 88.6 cm³/mol. The van der Waals surface area contributed by atoms with Gasteiger partial charge in [-0.25, -0.2) is 0 Å². The first-order valence-corrected chi connectivity index (χ1v) is 7.75. The molecular formula is C17H27N3O. The number of carbonyl (C=O) groups is 1. The van der Waals surface area contributed by atoms with Gasteiger partial charge < -0.3 is 16.0 Å². The lowest BCUT2D eigenvalue weighted by atomic mass is 9.80. The molecule has 1 aromatic carbocycles. The van der Waals surface area contributed by atoms with Gasteiger partial charge in [-0.15, -0.1) is 0 Å². The zero-order valence-corrected chi connectivity index (χ0v) is 13.6. The number of hydrogen-bond donors (Lipinski definition) is 2. The Morgan fingerprint density at radius 1 is 1.43 bits per heavy atom. The second-order valence-corrected chi connectivity index (χ2v) is 6.93. The first kappa shape index (κ1) is 15.7. The van der Waals surface area contributed by atoms with Gasteiger partial charge in [-0.3, -0.25) is 4.79 Å². The number of nitrogens with two attached hydrogens (primary N) is 1. The zero-order valence-electron chi connectivity index (χ0n) is 13.6. The summed E-state index contributed by atoms with van der Waals surface area (Å²) in [5.41, 5.74) is 8.86. The van der Waals surface area contributed by atoms with E-state index in [0.717, 1.165) is 18.8 Å². The van der Waals surface area contributed by atoms with Crippen LogP contribution in [0, 0.1) is 11.3 Å². The first-order valence-electron chi connectivity index (χ1n) is 7.75. The number of benzene rings is 1. The molecule has 1 heterocycles. The monoisotopic (exact) mass is 289 g/mol. The fourth-order valence-corrected chi connectivity index (χ4v) is 2.93. The van der Waals surface area contributed by atoms with Crippen LogP contribution in [0.4, 0.5) is 11.4 Å². The molecule has 4 nitrogen and oxygen atoms in total. The van der Waals surface area contributed by atoms with Crippen molar-refractivity contribution in [3.8, 4) is 0 Å². The molecule has 0 aliphatic carbocycles. The highest BCUT2D eigenvalue weighted by Gasteiger charge is 2.32. The molecule has 21 heavy (non-hydrogen) atoms. The molecule has 1 fully saturated rings. The van der Waals surface area contributed by atoms with Crippen LogP contribution in [-0.2, 0) is 0 Å². The number of carbonyl (C=O) groups excluding carboxylic acids is 1. The minimum atomic E-state index is -0.0651. The summed E-state index contributed by atoms with van der Waals surface area (Å²) in [4.78, 5) is 14.2.